The van der Waals surface area contributed by atoms with Gasteiger partial charge in [0.15, 0.2) is 11.5 Å². The highest BCUT2D eigenvalue weighted by Gasteiger charge is 2.21. The number of hydrogen-bond acceptors (Lipinski definition) is 9. The predicted octanol–water partition coefficient (Wildman–Crippen LogP) is 17.9. The van der Waals surface area contributed by atoms with Crippen LogP contribution < -0.4 is 39.5 Å². The van der Waals surface area contributed by atoms with Crippen molar-refractivity contribution in [2.24, 2.45) is 0 Å². The Balaban J connectivity index is 0.000000168. The van der Waals surface area contributed by atoms with Gasteiger partial charge in [0.1, 0.15) is 30.6 Å². The highest BCUT2D eigenvalue weighted by molar-refractivity contribution is 6.33. The maximum atomic E-state index is 14.0. The van der Waals surface area contributed by atoms with Crippen LogP contribution in [0.15, 0.2) is 109 Å². The van der Waals surface area contributed by atoms with E-state index in [4.69, 9.17) is 37.4 Å². The summed E-state index contributed by atoms with van der Waals surface area (Å²) >= 11 is 11.9. The predicted molar refractivity (Wildman–Crippen MR) is 364 cm³/mol. The van der Waals surface area contributed by atoms with Crippen LogP contribution in [0.25, 0.3) is 0 Å². The largest absolute Gasteiger partial charge is 0.491 e. The normalized spacial score (nSPS) is 15.6. The molecule has 0 aromatic heterocycles. The summed E-state index contributed by atoms with van der Waals surface area (Å²) in [4.78, 5) is 20.3. The third kappa shape index (κ3) is 21.3. The molecule has 0 atom stereocenters. The van der Waals surface area contributed by atoms with Crippen molar-refractivity contribution in [3.05, 3.63) is 170 Å². The van der Waals surface area contributed by atoms with E-state index in [-0.39, 0.29) is 22.6 Å². The Labute approximate surface area is 531 Å². The lowest BCUT2D eigenvalue weighted by Gasteiger charge is -2.34. The Kier molecular flexibility index (Phi) is 27.9. The van der Waals surface area contributed by atoms with E-state index in [1.807, 2.05) is 39.1 Å². The molecule has 2 saturated heterocycles. The van der Waals surface area contributed by atoms with E-state index >= 15 is 0 Å². The zero-order valence-electron chi connectivity index (χ0n) is 54.6. The number of ether oxygens (including phenoxy) is 3. The first-order valence-electron chi connectivity index (χ1n) is 31.7. The van der Waals surface area contributed by atoms with Crippen molar-refractivity contribution in [3.8, 4) is 17.2 Å². The highest BCUT2D eigenvalue weighted by Crippen LogP contribution is 2.35. The van der Waals surface area contributed by atoms with Crippen molar-refractivity contribution in [2.75, 3.05) is 113 Å². The molecule has 11 rings (SSSR count). The number of carbonyl (C=O) groups is 1. The molecule has 14 heteroatoms. The molecule has 0 bridgehead atoms. The molecule has 6 aromatic rings. The molecule has 5 heterocycles. The number of anilines is 4. The average molecular weight is 1230 g/mol. The Morgan fingerprint density at radius 3 is 1.48 bits per heavy atom. The van der Waals surface area contributed by atoms with Gasteiger partial charge >= 0.3 is 0 Å². The number of benzene rings is 6. The lowest BCUT2D eigenvalue weighted by Crippen LogP contribution is -2.44. The quantitative estimate of drug-likeness (QED) is 0.155. The maximum Gasteiger partial charge on any atom is 0.226 e. The number of fused-ring (bicyclic) bond motifs is 3. The molecule has 1 amide bonds. The van der Waals surface area contributed by atoms with Crippen molar-refractivity contribution >= 4 is 51.9 Å². The number of likely N-dealkylation sites (N-methyl/N-ethyl adjacent to an activating group) is 1. The van der Waals surface area contributed by atoms with E-state index in [9.17, 15) is 13.6 Å². The fraction of sp³-hybridized carbons (Fsp3) is 0.493. The van der Waals surface area contributed by atoms with Crippen LogP contribution >= 0.6 is 23.2 Å². The number of hydrogen-bond donors (Lipinski definition) is 2. The number of nitrogens with one attached hydrogen (secondary N) is 2. The van der Waals surface area contributed by atoms with Gasteiger partial charge in [0.25, 0.3) is 0 Å². The van der Waals surface area contributed by atoms with Gasteiger partial charge in [-0.05, 0) is 167 Å². The third-order valence-corrected chi connectivity index (χ3v) is 16.9. The van der Waals surface area contributed by atoms with Gasteiger partial charge in [-0.3, -0.25) is 4.79 Å². The minimum Gasteiger partial charge on any atom is -0.491 e. The molecule has 0 radical (unpaired) electrons. The van der Waals surface area contributed by atoms with Crippen LogP contribution in [0.5, 0.6) is 17.2 Å². The number of nitrogens with zero attached hydrogens (tertiary/aromatic N) is 4. The summed E-state index contributed by atoms with van der Waals surface area (Å²) < 4.78 is 43.2. The number of carbonyl (C=O) groups excluding carboxylic acids is 1. The van der Waals surface area contributed by atoms with Crippen LogP contribution in [-0.2, 0) is 11.2 Å². The Hall–Kier alpha value is -6.05. The van der Waals surface area contributed by atoms with Gasteiger partial charge < -0.3 is 44.4 Å². The molecular formula is C73H100Cl2F2N6O4. The molecule has 2 N–H and O–H groups in total. The van der Waals surface area contributed by atoms with Gasteiger partial charge in [-0.1, -0.05) is 149 Å². The first-order chi connectivity index (χ1) is 41.5. The summed E-state index contributed by atoms with van der Waals surface area (Å²) in [5.41, 5.74) is 12.9. The van der Waals surface area contributed by atoms with Crippen molar-refractivity contribution in [1.82, 2.24) is 10.2 Å². The molecule has 0 unspecified atom stereocenters. The van der Waals surface area contributed by atoms with E-state index in [0.29, 0.717) is 55.1 Å². The Morgan fingerprint density at radius 1 is 0.437 bits per heavy atom. The summed E-state index contributed by atoms with van der Waals surface area (Å²) in [6.45, 7) is 37.0. The third-order valence-electron chi connectivity index (χ3n) is 16.3. The maximum absolute atomic E-state index is 14.0. The average Bonchev–Trinajstić information content (AvgIpc) is 3.85. The fourth-order valence-corrected chi connectivity index (χ4v) is 10.9. The standard InChI is InChI=1S/C14H21FN2.C14H19NO.C13H19ClN2.C12H17NO.C11H14O2.C9H10ClF/c1-11(2)12-4-5-14(13(15)10-12)17-8-6-16(3)7-9-17;1-10(2)11-7-8-13-12(9-11)5-4-6-14(16)15(13)3;1-10(2)11-3-4-13(12(14)9-11)16-7-5-15-6-8-16;1-9(2)10-4-5-12-11(8-10)13-6-3-7-14-12;1-8(2)9-3-4-10-11(7-9)13-6-5-12-10;1-6(2)7-3-4-9(11)8(10)5-7/h4-5,10-11H,6-9H2,1-3H3;7-10H,4-6H2,1-3H3;3-4,9-10,15H,5-8H2,1-2H3;4-5,8-9,13H,3,6-7H2,1-2H3;3-4,7-8H,5-6H2,1-2H3;3-6H,1-2H3. The van der Waals surface area contributed by atoms with E-state index < -0.39 is 0 Å². The van der Waals surface area contributed by atoms with E-state index in [1.165, 1.54) is 39.6 Å². The van der Waals surface area contributed by atoms with E-state index in [0.717, 1.165) is 135 Å². The summed E-state index contributed by atoms with van der Waals surface area (Å²) in [5.74, 6) is 5.53. The zero-order valence-corrected chi connectivity index (χ0v) is 56.1. The van der Waals surface area contributed by atoms with Gasteiger partial charge in [-0.2, -0.15) is 0 Å². The molecule has 0 spiro atoms. The summed E-state index contributed by atoms with van der Waals surface area (Å²) in [6.07, 6.45) is 3.73. The second kappa shape index (κ2) is 34.6. The Bertz CT molecular complexity index is 3100. The van der Waals surface area contributed by atoms with Gasteiger partial charge in [-0.15, -0.1) is 0 Å². The number of halogens is 4. The van der Waals surface area contributed by atoms with Crippen LogP contribution in [-0.4, -0.2) is 104 Å². The van der Waals surface area contributed by atoms with Gasteiger partial charge in [0.2, 0.25) is 5.91 Å². The topological polar surface area (TPSA) is 81.8 Å². The minimum atomic E-state index is -0.351. The van der Waals surface area contributed by atoms with Crippen molar-refractivity contribution in [1.29, 1.82) is 0 Å². The first kappa shape index (κ1) is 70.0. The lowest BCUT2D eigenvalue weighted by atomic mass is 9.98. The van der Waals surface area contributed by atoms with Crippen LogP contribution in [0, 0.1) is 11.6 Å². The molecule has 5 aliphatic rings. The number of rotatable bonds is 8. The molecule has 0 aliphatic carbocycles. The first-order valence-corrected chi connectivity index (χ1v) is 32.5. The highest BCUT2D eigenvalue weighted by atomic mass is 35.5. The number of aryl methyl sites for hydroxylation is 1. The van der Waals surface area contributed by atoms with Gasteiger partial charge in [-0.25, -0.2) is 8.78 Å². The van der Waals surface area contributed by atoms with Crippen molar-refractivity contribution in [3.63, 3.8) is 0 Å². The smallest absolute Gasteiger partial charge is 0.226 e. The Morgan fingerprint density at radius 2 is 0.908 bits per heavy atom. The summed E-state index contributed by atoms with van der Waals surface area (Å²) in [6, 6.07) is 36.0. The minimum absolute atomic E-state index is 0.0826. The second-order valence-corrected chi connectivity index (χ2v) is 25.8. The van der Waals surface area contributed by atoms with Crippen LogP contribution in [0.4, 0.5) is 31.5 Å². The molecule has 5 aliphatic heterocycles. The van der Waals surface area contributed by atoms with E-state index in [2.05, 4.69) is 168 Å². The van der Waals surface area contributed by atoms with Gasteiger partial charge in [0, 0.05) is 78.1 Å². The number of amides is 1. The van der Waals surface area contributed by atoms with Crippen LogP contribution in [0.1, 0.15) is 177 Å². The molecule has 0 saturated carbocycles. The van der Waals surface area contributed by atoms with Gasteiger partial charge in [0.05, 0.1) is 33.7 Å². The molecule has 6 aromatic carbocycles. The molecule has 87 heavy (non-hydrogen) atoms. The lowest BCUT2D eigenvalue weighted by molar-refractivity contribution is -0.118. The van der Waals surface area contributed by atoms with Crippen LogP contribution in [0.2, 0.25) is 10.0 Å². The second-order valence-electron chi connectivity index (χ2n) is 25.0. The monoisotopic (exact) mass is 1230 g/mol. The molecular weight excluding hydrogens is 1130 g/mol. The van der Waals surface area contributed by atoms with E-state index in [1.54, 1.807) is 23.1 Å². The summed E-state index contributed by atoms with van der Waals surface area (Å²) in [7, 11) is 3.98. The molecule has 474 valence electrons. The van der Waals surface area contributed by atoms with Crippen molar-refractivity contribution in [2.45, 2.75) is 144 Å². The fourth-order valence-electron chi connectivity index (χ4n) is 10.4. The van der Waals surface area contributed by atoms with Crippen LogP contribution in [0.3, 0.4) is 0 Å². The molecule has 2 fully saturated rings. The zero-order chi connectivity index (χ0) is 63.3. The van der Waals surface area contributed by atoms with Crippen molar-refractivity contribution < 1.29 is 27.8 Å². The molecule has 10 nitrogen and oxygen atoms in total. The SMILES string of the molecule is CC(C)c1ccc(F)c(Cl)c1.CC(C)c1ccc(N2CCN(C)CC2)c(F)c1.CC(C)c1ccc(N2CCNCC2)c(Cl)c1.CC(C)c1ccc2c(c1)CCCC(=O)N2C.CC(C)c1ccc2c(c1)NCCCO2.CC(C)c1ccc2c(c1)OCCO2. The number of piperazine rings is 2. The summed E-state index contributed by atoms with van der Waals surface area (Å²) in [5, 5.41) is 7.83.